The summed E-state index contributed by atoms with van der Waals surface area (Å²) in [6.07, 6.45) is 2.52. The first-order chi connectivity index (χ1) is 12.1. The summed E-state index contributed by atoms with van der Waals surface area (Å²) in [6, 6.07) is 14.7. The van der Waals surface area contributed by atoms with Gasteiger partial charge >= 0.3 is 0 Å². The second kappa shape index (κ2) is 8.45. The third-order valence-electron chi connectivity index (χ3n) is 5.07. The lowest BCUT2D eigenvalue weighted by atomic mass is 10.0. The van der Waals surface area contributed by atoms with E-state index in [9.17, 15) is 4.79 Å². The molecule has 2 aromatic rings. The van der Waals surface area contributed by atoms with Gasteiger partial charge in [-0.15, -0.1) is 0 Å². The minimum Gasteiger partial charge on any atom is -0.381 e. The standard InChI is InChI=1S/C21H27NO3/c1-16(18-8-7-17-5-3-4-6-19(17)15-18)22(2)21(23)11-14-25-20-9-12-24-13-10-20/h3-8,15-16,20H,9-14H2,1-2H3/t16-/m0/s1. The second-order valence-electron chi connectivity index (χ2n) is 6.72. The van der Waals surface area contributed by atoms with Crippen LogP contribution in [0.5, 0.6) is 0 Å². The monoisotopic (exact) mass is 341 g/mol. The Morgan fingerprint density at radius 2 is 1.92 bits per heavy atom. The van der Waals surface area contributed by atoms with Crippen LogP contribution in [0.15, 0.2) is 42.5 Å². The highest BCUT2D eigenvalue weighted by Crippen LogP contribution is 2.24. The average molecular weight is 341 g/mol. The summed E-state index contributed by atoms with van der Waals surface area (Å²) >= 11 is 0. The normalized spacial score (nSPS) is 16.7. The van der Waals surface area contributed by atoms with Gasteiger partial charge in [-0.3, -0.25) is 4.79 Å². The highest BCUT2D eigenvalue weighted by molar-refractivity contribution is 5.83. The maximum Gasteiger partial charge on any atom is 0.225 e. The number of amides is 1. The van der Waals surface area contributed by atoms with Crippen LogP contribution in [0, 0.1) is 0 Å². The quantitative estimate of drug-likeness (QED) is 0.799. The molecule has 0 spiro atoms. The highest BCUT2D eigenvalue weighted by Gasteiger charge is 2.19. The summed E-state index contributed by atoms with van der Waals surface area (Å²) in [5.41, 5.74) is 1.15. The predicted octanol–water partition coefficient (Wildman–Crippen LogP) is 3.94. The molecule has 0 N–H and O–H groups in total. The fourth-order valence-electron chi connectivity index (χ4n) is 3.24. The summed E-state index contributed by atoms with van der Waals surface area (Å²) in [7, 11) is 1.87. The molecule has 4 nitrogen and oxygen atoms in total. The van der Waals surface area contributed by atoms with Crippen molar-refractivity contribution in [2.75, 3.05) is 26.9 Å². The molecule has 1 saturated heterocycles. The topological polar surface area (TPSA) is 38.8 Å². The van der Waals surface area contributed by atoms with E-state index in [1.165, 1.54) is 10.8 Å². The van der Waals surface area contributed by atoms with Gasteiger partial charge in [0.15, 0.2) is 0 Å². The van der Waals surface area contributed by atoms with Crippen molar-refractivity contribution >= 4 is 16.7 Å². The summed E-state index contributed by atoms with van der Waals surface area (Å²) in [4.78, 5) is 14.3. The SMILES string of the molecule is C[C@@H](c1ccc2ccccc2c1)N(C)C(=O)CCOC1CCOCC1. The van der Waals surface area contributed by atoms with E-state index in [0.717, 1.165) is 31.6 Å². The molecule has 3 rings (SSSR count). The smallest absolute Gasteiger partial charge is 0.225 e. The zero-order valence-corrected chi connectivity index (χ0v) is 15.1. The number of rotatable bonds is 6. The molecule has 1 atom stereocenters. The Balaban J connectivity index is 1.54. The fraction of sp³-hybridized carbons (Fsp3) is 0.476. The van der Waals surface area contributed by atoms with Crippen molar-refractivity contribution in [1.29, 1.82) is 0 Å². The van der Waals surface area contributed by atoms with Crippen LogP contribution in [0.3, 0.4) is 0 Å². The first-order valence-electron chi connectivity index (χ1n) is 9.09. The summed E-state index contributed by atoms with van der Waals surface area (Å²) in [6.45, 7) is 4.08. The van der Waals surface area contributed by atoms with Gasteiger partial charge in [-0.2, -0.15) is 0 Å². The largest absolute Gasteiger partial charge is 0.381 e. The first-order valence-corrected chi connectivity index (χ1v) is 9.09. The molecule has 1 heterocycles. The molecule has 0 unspecified atom stereocenters. The van der Waals surface area contributed by atoms with E-state index in [-0.39, 0.29) is 18.1 Å². The number of carbonyl (C=O) groups excluding carboxylic acids is 1. The van der Waals surface area contributed by atoms with Crippen LogP contribution in [-0.2, 0) is 14.3 Å². The second-order valence-corrected chi connectivity index (χ2v) is 6.72. The van der Waals surface area contributed by atoms with Crippen molar-refractivity contribution in [2.45, 2.75) is 38.3 Å². The number of hydrogen-bond donors (Lipinski definition) is 0. The molecule has 2 aromatic carbocycles. The van der Waals surface area contributed by atoms with Gasteiger partial charge in [-0.1, -0.05) is 36.4 Å². The van der Waals surface area contributed by atoms with Crippen LogP contribution in [0.1, 0.15) is 37.8 Å². The van der Waals surface area contributed by atoms with E-state index in [2.05, 4.69) is 37.3 Å². The maximum atomic E-state index is 12.5. The van der Waals surface area contributed by atoms with Gasteiger partial charge in [-0.05, 0) is 42.2 Å². The summed E-state index contributed by atoms with van der Waals surface area (Å²) < 4.78 is 11.1. The molecule has 1 aliphatic heterocycles. The lowest BCUT2D eigenvalue weighted by molar-refractivity contribution is -0.133. The Morgan fingerprint density at radius 1 is 1.20 bits per heavy atom. The Bertz CT molecular complexity index is 709. The zero-order valence-electron chi connectivity index (χ0n) is 15.1. The molecular formula is C21H27NO3. The third kappa shape index (κ3) is 4.59. The van der Waals surface area contributed by atoms with Gasteiger partial charge in [0, 0.05) is 20.3 Å². The Morgan fingerprint density at radius 3 is 2.68 bits per heavy atom. The lowest BCUT2D eigenvalue weighted by Crippen LogP contribution is -2.31. The van der Waals surface area contributed by atoms with Crippen molar-refractivity contribution in [2.24, 2.45) is 0 Å². The van der Waals surface area contributed by atoms with Crippen molar-refractivity contribution in [3.63, 3.8) is 0 Å². The molecule has 4 heteroatoms. The molecule has 1 fully saturated rings. The van der Waals surface area contributed by atoms with Crippen LogP contribution < -0.4 is 0 Å². The summed E-state index contributed by atoms with van der Waals surface area (Å²) in [5.74, 6) is 0.118. The van der Waals surface area contributed by atoms with E-state index in [1.807, 2.05) is 24.1 Å². The van der Waals surface area contributed by atoms with Crippen molar-refractivity contribution in [3.05, 3.63) is 48.0 Å². The number of hydrogen-bond acceptors (Lipinski definition) is 3. The number of fused-ring (bicyclic) bond motifs is 1. The van der Waals surface area contributed by atoms with Gasteiger partial charge in [0.05, 0.1) is 25.2 Å². The molecule has 134 valence electrons. The molecule has 1 amide bonds. The average Bonchev–Trinajstić information content (AvgIpc) is 2.67. The minimum atomic E-state index is 0.0418. The van der Waals surface area contributed by atoms with Crippen molar-refractivity contribution in [1.82, 2.24) is 4.90 Å². The number of ether oxygens (including phenoxy) is 2. The fourth-order valence-corrected chi connectivity index (χ4v) is 3.24. The van der Waals surface area contributed by atoms with Crippen LogP contribution in [-0.4, -0.2) is 43.8 Å². The Labute approximate surface area is 149 Å². The first kappa shape index (κ1) is 17.9. The van der Waals surface area contributed by atoms with E-state index in [0.29, 0.717) is 13.0 Å². The Kier molecular flexibility index (Phi) is 6.05. The van der Waals surface area contributed by atoms with E-state index in [1.54, 1.807) is 0 Å². The van der Waals surface area contributed by atoms with E-state index >= 15 is 0 Å². The number of nitrogens with zero attached hydrogens (tertiary/aromatic N) is 1. The van der Waals surface area contributed by atoms with E-state index < -0.39 is 0 Å². The predicted molar refractivity (Wildman–Crippen MR) is 99.5 cm³/mol. The maximum absolute atomic E-state index is 12.5. The van der Waals surface area contributed by atoms with Crippen molar-refractivity contribution < 1.29 is 14.3 Å². The molecule has 0 aromatic heterocycles. The van der Waals surface area contributed by atoms with Gasteiger partial charge in [0.25, 0.3) is 0 Å². The Hall–Kier alpha value is -1.91. The lowest BCUT2D eigenvalue weighted by Gasteiger charge is -2.27. The van der Waals surface area contributed by atoms with Crippen LogP contribution in [0.4, 0.5) is 0 Å². The zero-order chi connectivity index (χ0) is 17.6. The van der Waals surface area contributed by atoms with Gasteiger partial charge < -0.3 is 14.4 Å². The van der Waals surface area contributed by atoms with Crippen LogP contribution >= 0.6 is 0 Å². The highest BCUT2D eigenvalue weighted by atomic mass is 16.5. The molecule has 0 radical (unpaired) electrons. The molecule has 0 saturated carbocycles. The number of benzene rings is 2. The van der Waals surface area contributed by atoms with Crippen molar-refractivity contribution in [3.8, 4) is 0 Å². The van der Waals surface area contributed by atoms with Gasteiger partial charge in [0.2, 0.25) is 5.91 Å². The molecule has 1 aliphatic rings. The summed E-state index contributed by atoms with van der Waals surface area (Å²) in [5, 5.41) is 2.42. The molecule has 25 heavy (non-hydrogen) atoms. The molecular weight excluding hydrogens is 314 g/mol. The van der Waals surface area contributed by atoms with Crippen LogP contribution in [0.2, 0.25) is 0 Å². The molecule has 0 bridgehead atoms. The third-order valence-corrected chi connectivity index (χ3v) is 5.07. The number of carbonyl (C=O) groups is 1. The van der Waals surface area contributed by atoms with E-state index in [4.69, 9.17) is 9.47 Å². The molecule has 0 aliphatic carbocycles. The minimum absolute atomic E-state index is 0.0418. The van der Waals surface area contributed by atoms with Gasteiger partial charge in [0.1, 0.15) is 0 Å². The van der Waals surface area contributed by atoms with Gasteiger partial charge in [-0.25, -0.2) is 0 Å². The van der Waals surface area contributed by atoms with Crippen LogP contribution in [0.25, 0.3) is 10.8 Å².